The molecule has 0 spiro atoms. The number of nitrogens with zero attached hydrogens (tertiary/aromatic N) is 2. The number of rotatable bonds is 4. The third-order valence-corrected chi connectivity index (χ3v) is 9.77. The second-order valence-corrected chi connectivity index (χ2v) is 12.3. The number of fused-ring (bicyclic) bond motifs is 2. The van der Waals surface area contributed by atoms with Gasteiger partial charge in [-0.2, -0.15) is 4.57 Å². The summed E-state index contributed by atoms with van der Waals surface area (Å²) in [4.78, 5) is 3.59. The van der Waals surface area contributed by atoms with E-state index in [-0.39, 0.29) is 0 Å². The third-order valence-electron chi connectivity index (χ3n) is 7.58. The smallest absolute Gasteiger partial charge is 0.263 e. The van der Waals surface area contributed by atoms with Crippen molar-refractivity contribution in [3.63, 3.8) is 0 Å². The Morgan fingerprint density at radius 1 is 1.05 bits per heavy atom. The van der Waals surface area contributed by atoms with Gasteiger partial charge in [0.2, 0.25) is 12.3 Å². The van der Waals surface area contributed by atoms with Crippen molar-refractivity contribution in [2.75, 3.05) is 18.2 Å². The SMILES string of the molecule is CCN1C(=CC=CC2=CC(=Cc3sc4cc(C)cc5c4[n+]3CCC5)CCC2)Sc2cc3c(cc21)OCO3. The molecule has 1 aliphatic carbocycles. The Kier molecular flexibility index (Phi) is 5.89. The minimum absolute atomic E-state index is 0.315. The first-order valence-corrected chi connectivity index (χ1v) is 14.9. The number of anilines is 1. The number of hydrogen-bond donors (Lipinski definition) is 0. The first-order valence-electron chi connectivity index (χ1n) is 13.3. The largest absolute Gasteiger partial charge is 0.454 e. The molecule has 37 heavy (non-hydrogen) atoms. The molecule has 2 aromatic carbocycles. The van der Waals surface area contributed by atoms with E-state index in [1.807, 2.05) is 11.3 Å². The topological polar surface area (TPSA) is 25.6 Å². The van der Waals surface area contributed by atoms with Crippen LogP contribution in [0.3, 0.4) is 0 Å². The standard InChI is InChI=1S/C31H31N2O2S2/c1-3-32-24-17-25-26(35-19-34-25)18-27(24)36-29(32)11-5-8-21-7-4-9-22(15-21)16-30-33-12-6-10-23-13-20(2)14-28(37-30)31(23)33/h5,8,11,13-18H,3-4,6-7,9-10,12,19H2,1-2H3/q+1. The Labute approximate surface area is 226 Å². The van der Waals surface area contributed by atoms with E-state index in [1.54, 1.807) is 11.8 Å². The number of aryl methyl sites for hydroxylation is 3. The van der Waals surface area contributed by atoms with Crippen molar-refractivity contribution in [3.05, 3.63) is 80.9 Å². The summed E-state index contributed by atoms with van der Waals surface area (Å²) in [6, 6.07) is 8.97. The highest BCUT2D eigenvalue weighted by molar-refractivity contribution is 8.03. The molecular weight excluding hydrogens is 496 g/mol. The average molecular weight is 528 g/mol. The lowest BCUT2D eigenvalue weighted by atomic mass is 9.94. The molecule has 0 fully saturated rings. The summed E-state index contributed by atoms with van der Waals surface area (Å²) in [5.41, 5.74) is 8.45. The second-order valence-electron chi connectivity index (χ2n) is 10.1. The van der Waals surface area contributed by atoms with E-state index in [2.05, 4.69) is 78.0 Å². The molecule has 0 saturated heterocycles. The molecular formula is C31H31N2O2S2+. The Morgan fingerprint density at radius 2 is 1.95 bits per heavy atom. The summed E-state index contributed by atoms with van der Waals surface area (Å²) in [6.45, 7) is 6.79. The van der Waals surface area contributed by atoms with Crippen molar-refractivity contribution in [1.82, 2.24) is 0 Å². The molecule has 6 heteroatoms. The summed E-state index contributed by atoms with van der Waals surface area (Å²) in [5.74, 6) is 1.70. The molecule has 0 bridgehead atoms. The van der Waals surface area contributed by atoms with E-state index < -0.39 is 0 Å². The molecule has 0 unspecified atom stereocenters. The van der Waals surface area contributed by atoms with E-state index in [1.165, 1.54) is 72.4 Å². The van der Waals surface area contributed by atoms with Gasteiger partial charge < -0.3 is 14.4 Å². The fraction of sp³-hybridized carbons (Fsp3) is 0.323. The minimum Gasteiger partial charge on any atom is -0.454 e. The normalized spacial score (nSPS) is 20.5. The molecule has 3 aromatic rings. The number of hydrogen-bond acceptors (Lipinski definition) is 5. The predicted molar refractivity (Wildman–Crippen MR) is 154 cm³/mol. The maximum Gasteiger partial charge on any atom is 0.263 e. The van der Waals surface area contributed by atoms with Crippen LogP contribution < -0.4 is 18.9 Å². The van der Waals surface area contributed by atoms with Crippen molar-refractivity contribution in [2.24, 2.45) is 0 Å². The van der Waals surface area contributed by atoms with Crippen LogP contribution in [0.2, 0.25) is 0 Å². The number of ether oxygens (including phenoxy) is 2. The Morgan fingerprint density at radius 3 is 2.84 bits per heavy atom. The van der Waals surface area contributed by atoms with Crippen molar-refractivity contribution in [1.29, 1.82) is 0 Å². The predicted octanol–water partition coefficient (Wildman–Crippen LogP) is 7.70. The molecule has 4 nitrogen and oxygen atoms in total. The van der Waals surface area contributed by atoms with Crippen LogP contribution in [0.5, 0.6) is 11.5 Å². The van der Waals surface area contributed by atoms with Crippen LogP contribution in [0.4, 0.5) is 5.69 Å². The number of benzene rings is 2. The number of thioether (sulfide) groups is 1. The van der Waals surface area contributed by atoms with Crippen molar-refractivity contribution < 1.29 is 14.0 Å². The van der Waals surface area contributed by atoms with Gasteiger partial charge in [0.1, 0.15) is 4.70 Å². The van der Waals surface area contributed by atoms with Gasteiger partial charge >= 0.3 is 0 Å². The fourth-order valence-electron chi connectivity index (χ4n) is 5.91. The average Bonchev–Trinajstić information content (AvgIpc) is 3.58. The molecule has 3 aliphatic heterocycles. The molecule has 1 aromatic heterocycles. The summed E-state index contributed by atoms with van der Waals surface area (Å²) in [7, 11) is 0. The van der Waals surface area contributed by atoms with Gasteiger partial charge in [0.15, 0.2) is 18.0 Å². The summed E-state index contributed by atoms with van der Waals surface area (Å²) < 4.78 is 15.2. The van der Waals surface area contributed by atoms with Gasteiger partial charge in [-0.1, -0.05) is 41.3 Å². The zero-order chi connectivity index (χ0) is 24.9. The van der Waals surface area contributed by atoms with Gasteiger partial charge in [0.05, 0.1) is 10.7 Å². The summed E-state index contributed by atoms with van der Waals surface area (Å²) >= 11 is 3.76. The molecule has 188 valence electrons. The van der Waals surface area contributed by atoms with Crippen LogP contribution in [0.15, 0.2) is 69.6 Å². The lowest BCUT2D eigenvalue weighted by Crippen LogP contribution is -2.38. The Bertz CT molecular complexity index is 1540. The number of thiazole rings is 1. The van der Waals surface area contributed by atoms with E-state index in [9.17, 15) is 0 Å². The van der Waals surface area contributed by atoms with Crippen molar-refractivity contribution >= 4 is 45.1 Å². The van der Waals surface area contributed by atoms with Gasteiger partial charge in [-0.3, -0.25) is 0 Å². The van der Waals surface area contributed by atoms with E-state index in [0.717, 1.165) is 37.4 Å². The zero-order valence-corrected chi connectivity index (χ0v) is 23.0. The molecule has 0 N–H and O–H groups in total. The molecule has 4 aliphatic rings. The number of allylic oxidation sites excluding steroid dienone is 6. The van der Waals surface area contributed by atoms with Crippen LogP contribution >= 0.6 is 23.1 Å². The third kappa shape index (κ3) is 4.20. The van der Waals surface area contributed by atoms with Gasteiger partial charge in [0, 0.05) is 41.6 Å². The van der Waals surface area contributed by atoms with Crippen LogP contribution in [-0.4, -0.2) is 13.3 Å². The zero-order valence-electron chi connectivity index (χ0n) is 21.4. The van der Waals surface area contributed by atoms with E-state index >= 15 is 0 Å². The van der Waals surface area contributed by atoms with Crippen molar-refractivity contribution in [2.45, 2.75) is 57.4 Å². The quantitative estimate of drug-likeness (QED) is 0.325. The van der Waals surface area contributed by atoms with Crippen LogP contribution in [-0.2, 0) is 13.0 Å². The maximum absolute atomic E-state index is 5.61. The molecule has 7 rings (SSSR count). The first-order chi connectivity index (χ1) is 18.2. The highest BCUT2D eigenvalue weighted by Gasteiger charge is 2.28. The maximum atomic E-state index is 5.61. The van der Waals surface area contributed by atoms with Gasteiger partial charge in [-0.25, -0.2) is 0 Å². The second kappa shape index (κ2) is 9.41. The summed E-state index contributed by atoms with van der Waals surface area (Å²) in [5, 5.41) is 2.65. The molecule has 0 saturated carbocycles. The molecule has 4 heterocycles. The minimum atomic E-state index is 0.315. The number of aromatic nitrogens is 1. The fourth-order valence-corrected chi connectivity index (χ4v) is 8.37. The van der Waals surface area contributed by atoms with Crippen LogP contribution in [0, 0.1) is 6.92 Å². The van der Waals surface area contributed by atoms with Crippen LogP contribution in [0.1, 0.15) is 48.7 Å². The summed E-state index contributed by atoms with van der Waals surface area (Å²) in [6.07, 6.45) is 17.6. The molecule has 0 atom stereocenters. The van der Waals surface area contributed by atoms with E-state index in [0.29, 0.717) is 6.79 Å². The highest BCUT2D eigenvalue weighted by atomic mass is 32.2. The van der Waals surface area contributed by atoms with Gasteiger partial charge in [0.25, 0.3) is 5.01 Å². The molecule has 0 amide bonds. The van der Waals surface area contributed by atoms with Crippen LogP contribution in [0.25, 0.3) is 16.3 Å². The van der Waals surface area contributed by atoms with E-state index in [4.69, 9.17) is 9.47 Å². The lowest BCUT2D eigenvalue weighted by molar-refractivity contribution is -0.671. The monoisotopic (exact) mass is 527 g/mol. The van der Waals surface area contributed by atoms with Gasteiger partial charge in [-0.05, 0) is 74.4 Å². The Hall–Kier alpha value is -2.96. The highest BCUT2D eigenvalue weighted by Crippen LogP contribution is 2.51. The molecule has 0 radical (unpaired) electrons. The van der Waals surface area contributed by atoms with Crippen molar-refractivity contribution in [3.8, 4) is 11.5 Å². The first kappa shape index (κ1) is 23.2. The van der Waals surface area contributed by atoms with Gasteiger partial charge in [-0.15, -0.1) is 0 Å². The lowest BCUT2D eigenvalue weighted by Gasteiger charge is -2.17. The Balaban J connectivity index is 1.14.